The van der Waals surface area contributed by atoms with Crippen molar-refractivity contribution in [2.45, 2.75) is 19.4 Å². The Bertz CT molecular complexity index is 869. The molecule has 2 amide bonds. The normalized spacial score (nSPS) is 21.9. The summed E-state index contributed by atoms with van der Waals surface area (Å²) in [6.07, 6.45) is 4.51. The van der Waals surface area contributed by atoms with Crippen molar-refractivity contribution >= 4 is 23.7 Å². The van der Waals surface area contributed by atoms with Gasteiger partial charge in [-0.3, -0.25) is 19.4 Å². The maximum atomic E-state index is 12.8. The van der Waals surface area contributed by atoms with Gasteiger partial charge in [0.25, 0.3) is 5.91 Å². The minimum absolute atomic E-state index is 0.198. The maximum Gasteiger partial charge on any atom is 0.252 e. The van der Waals surface area contributed by atoms with E-state index in [0.29, 0.717) is 11.6 Å². The van der Waals surface area contributed by atoms with E-state index in [1.54, 1.807) is 13.0 Å². The van der Waals surface area contributed by atoms with Crippen LogP contribution in [0.5, 0.6) is 0 Å². The Labute approximate surface area is 164 Å². The van der Waals surface area contributed by atoms with Gasteiger partial charge >= 0.3 is 0 Å². The zero-order valence-corrected chi connectivity index (χ0v) is 16.0. The van der Waals surface area contributed by atoms with E-state index in [2.05, 4.69) is 39.2 Å². The lowest BCUT2D eigenvalue weighted by atomic mass is 10.1. The minimum Gasteiger partial charge on any atom is -0.360 e. The van der Waals surface area contributed by atoms with E-state index >= 15 is 0 Å². The first-order valence-electron chi connectivity index (χ1n) is 9.60. The third-order valence-electron chi connectivity index (χ3n) is 5.29. The molecule has 0 N–H and O–H groups in total. The fourth-order valence-electron chi connectivity index (χ4n) is 3.76. The van der Waals surface area contributed by atoms with Gasteiger partial charge in [-0.05, 0) is 12.5 Å². The largest absolute Gasteiger partial charge is 0.360 e. The molecule has 1 atom stereocenters. The lowest BCUT2D eigenvalue weighted by Crippen LogP contribution is -2.52. The third-order valence-corrected chi connectivity index (χ3v) is 5.29. The molecule has 0 bridgehead atoms. The topological polar surface area (TPSA) is 69.9 Å². The molecule has 0 spiro atoms. The van der Waals surface area contributed by atoms with Gasteiger partial charge in [-0.1, -0.05) is 47.6 Å². The van der Waals surface area contributed by atoms with Crippen molar-refractivity contribution in [3.8, 4) is 0 Å². The van der Waals surface area contributed by atoms with Gasteiger partial charge < -0.3 is 4.52 Å². The zero-order chi connectivity index (χ0) is 19.5. The highest BCUT2D eigenvalue weighted by molar-refractivity contribution is 6.21. The number of hydrogen-bond acceptors (Lipinski definition) is 6. The van der Waals surface area contributed by atoms with Crippen LogP contribution in [0, 0.1) is 6.92 Å². The van der Waals surface area contributed by atoms with Crippen molar-refractivity contribution in [1.29, 1.82) is 0 Å². The molecule has 0 radical (unpaired) electrons. The number of rotatable bonds is 5. The summed E-state index contributed by atoms with van der Waals surface area (Å²) in [5.41, 5.74) is 1.19. The van der Waals surface area contributed by atoms with Crippen molar-refractivity contribution in [3.63, 3.8) is 0 Å². The average molecular weight is 380 g/mol. The van der Waals surface area contributed by atoms with E-state index in [0.717, 1.165) is 37.6 Å². The second-order valence-electron chi connectivity index (χ2n) is 7.23. The molecule has 2 saturated heterocycles. The smallest absolute Gasteiger partial charge is 0.252 e. The average Bonchev–Trinajstić information content (AvgIpc) is 3.25. The summed E-state index contributed by atoms with van der Waals surface area (Å²) in [6, 6.07) is 11.5. The molecule has 1 unspecified atom stereocenters. The summed E-state index contributed by atoms with van der Waals surface area (Å²) in [6.45, 7) is 5.92. The molecule has 3 heterocycles. The highest BCUT2D eigenvalue weighted by atomic mass is 16.5. The molecule has 2 aliphatic rings. The molecule has 7 nitrogen and oxygen atoms in total. The van der Waals surface area contributed by atoms with Crippen LogP contribution in [0.2, 0.25) is 0 Å². The summed E-state index contributed by atoms with van der Waals surface area (Å²) in [7, 11) is 0. The summed E-state index contributed by atoms with van der Waals surface area (Å²) >= 11 is 0. The molecule has 2 aliphatic heterocycles. The predicted molar refractivity (Wildman–Crippen MR) is 106 cm³/mol. The van der Waals surface area contributed by atoms with Crippen LogP contribution in [-0.2, 0) is 9.59 Å². The Morgan fingerprint density at radius 1 is 1.14 bits per heavy atom. The Morgan fingerprint density at radius 3 is 2.57 bits per heavy atom. The van der Waals surface area contributed by atoms with Crippen molar-refractivity contribution in [2.24, 2.45) is 0 Å². The lowest BCUT2D eigenvalue weighted by molar-refractivity contribution is -0.123. The van der Waals surface area contributed by atoms with E-state index < -0.39 is 6.04 Å². The SMILES string of the molecule is Cc1cc(N2C(=O)CC(N3CCN(C/C=C/c4ccccc4)CC3)C2=O)no1. The van der Waals surface area contributed by atoms with Crippen LogP contribution in [0.1, 0.15) is 17.7 Å². The van der Waals surface area contributed by atoms with Crippen LogP contribution < -0.4 is 4.90 Å². The minimum atomic E-state index is -0.397. The molecule has 0 aliphatic carbocycles. The zero-order valence-electron chi connectivity index (χ0n) is 16.0. The monoisotopic (exact) mass is 380 g/mol. The van der Waals surface area contributed by atoms with Crippen molar-refractivity contribution < 1.29 is 14.1 Å². The molecule has 4 rings (SSSR count). The second-order valence-corrected chi connectivity index (χ2v) is 7.23. The molecular weight excluding hydrogens is 356 g/mol. The number of anilines is 1. The molecule has 1 aromatic heterocycles. The molecule has 0 saturated carbocycles. The van der Waals surface area contributed by atoms with E-state index in [9.17, 15) is 9.59 Å². The number of benzene rings is 1. The highest BCUT2D eigenvalue weighted by Crippen LogP contribution is 2.26. The van der Waals surface area contributed by atoms with Crippen LogP contribution in [0.15, 0.2) is 47.0 Å². The lowest BCUT2D eigenvalue weighted by Gasteiger charge is -2.36. The van der Waals surface area contributed by atoms with Crippen LogP contribution >= 0.6 is 0 Å². The van der Waals surface area contributed by atoms with Gasteiger partial charge in [-0.2, -0.15) is 0 Å². The Kier molecular flexibility index (Phi) is 5.36. The number of imide groups is 1. The van der Waals surface area contributed by atoms with Crippen LogP contribution in [0.3, 0.4) is 0 Å². The number of aromatic nitrogens is 1. The van der Waals surface area contributed by atoms with Crippen molar-refractivity contribution in [1.82, 2.24) is 15.0 Å². The van der Waals surface area contributed by atoms with Gasteiger partial charge in [0.2, 0.25) is 5.91 Å². The van der Waals surface area contributed by atoms with Gasteiger partial charge in [0.1, 0.15) is 5.76 Å². The number of hydrogen-bond donors (Lipinski definition) is 0. The van der Waals surface area contributed by atoms with E-state index in [4.69, 9.17) is 4.52 Å². The maximum absolute atomic E-state index is 12.8. The molecule has 28 heavy (non-hydrogen) atoms. The summed E-state index contributed by atoms with van der Waals surface area (Å²) in [4.78, 5) is 30.8. The Hall–Kier alpha value is -2.77. The number of aryl methyl sites for hydroxylation is 1. The van der Waals surface area contributed by atoms with Crippen LogP contribution in [-0.4, -0.2) is 65.5 Å². The second kappa shape index (κ2) is 8.08. The van der Waals surface area contributed by atoms with Crippen LogP contribution in [0.25, 0.3) is 6.08 Å². The van der Waals surface area contributed by atoms with E-state index in [-0.39, 0.29) is 18.2 Å². The van der Waals surface area contributed by atoms with Gasteiger partial charge in [-0.15, -0.1) is 0 Å². The third kappa shape index (κ3) is 3.90. The van der Waals surface area contributed by atoms with Gasteiger partial charge in [0, 0.05) is 38.8 Å². The molecule has 146 valence electrons. The number of piperazine rings is 1. The quantitative estimate of drug-likeness (QED) is 0.739. The fraction of sp³-hybridized carbons (Fsp3) is 0.381. The first-order valence-corrected chi connectivity index (χ1v) is 9.60. The molecule has 2 aromatic rings. The molecule has 1 aromatic carbocycles. The number of carbonyl (C=O) groups is 2. The van der Waals surface area contributed by atoms with Crippen molar-refractivity contribution in [3.05, 3.63) is 53.8 Å². The first kappa shape index (κ1) is 18.6. The highest BCUT2D eigenvalue weighted by Gasteiger charge is 2.44. The van der Waals surface area contributed by atoms with Gasteiger partial charge in [0.05, 0.1) is 12.5 Å². The summed E-state index contributed by atoms with van der Waals surface area (Å²) in [5, 5.41) is 3.82. The van der Waals surface area contributed by atoms with Gasteiger partial charge in [0.15, 0.2) is 5.82 Å². The number of carbonyl (C=O) groups excluding carboxylic acids is 2. The van der Waals surface area contributed by atoms with Crippen LogP contribution in [0.4, 0.5) is 5.82 Å². The Balaban J connectivity index is 1.31. The van der Waals surface area contributed by atoms with Crippen molar-refractivity contribution in [2.75, 3.05) is 37.6 Å². The molecular formula is C21H24N4O3. The molecule has 7 heteroatoms. The molecule has 2 fully saturated rings. The predicted octanol–water partition coefficient (Wildman–Crippen LogP) is 1.95. The summed E-state index contributed by atoms with van der Waals surface area (Å²) < 4.78 is 5.01. The summed E-state index contributed by atoms with van der Waals surface area (Å²) in [5.74, 6) is 0.461. The first-order chi connectivity index (χ1) is 13.6. The standard InChI is InChI=1S/C21H24N4O3/c1-16-14-19(22-28-16)25-20(26)15-18(21(25)27)24-12-10-23(11-13-24)9-5-8-17-6-3-2-4-7-17/h2-8,14,18H,9-13,15H2,1H3/b8-5+. The van der Waals surface area contributed by atoms with Gasteiger partial charge in [-0.25, -0.2) is 4.90 Å². The van der Waals surface area contributed by atoms with E-state index in [1.165, 1.54) is 5.56 Å². The number of amides is 2. The van der Waals surface area contributed by atoms with E-state index in [1.807, 2.05) is 18.2 Å². The fourth-order valence-corrected chi connectivity index (χ4v) is 3.76. The number of nitrogens with zero attached hydrogens (tertiary/aromatic N) is 4. The Morgan fingerprint density at radius 2 is 1.89 bits per heavy atom.